The van der Waals surface area contributed by atoms with Gasteiger partial charge in [-0.05, 0) is 5.56 Å². The Balaban J connectivity index is 0.00000312. The Morgan fingerprint density at radius 1 is 1.00 bits per heavy atom. The van der Waals surface area contributed by atoms with Crippen molar-refractivity contribution in [1.29, 1.82) is 0 Å². The van der Waals surface area contributed by atoms with E-state index in [9.17, 15) is 4.79 Å². The van der Waals surface area contributed by atoms with Gasteiger partial charge in [-0.1, -0.05) is 30.3 Å². The van der Waals surface area contributed by atoms with Crippen molar-refractivity contribution in [3.8, 4) is 17.2 Å². The van der Waals surface area contributed by atoms with Crippen LogP contribution in [0.15, 0.2) is 42.5 Å². The molecule has 6 nitrogen and oxygen atoms in total. The van der Waals surface area contributed by atoms with Crippen LogP contribution in [0.2, 0.25) is 0 Å². The van der Waals surface area contributed by atoms with Gasteiger partial charge in [0.05, 0.1) is 26.9 Å². The van der Waals surface area contributed by atoms with Crippen LogP contribution in [0.5, 0.6) is 17.2 Å². The highest BCUT2D eigenvalue weighted by atomic mass is 35.5. The van der Waals surface area contributed by atoms with Crippen LogP contribution in [0.4, 0.5) is 0 Å². The van der Waals surface area contributed by atoms with Crippen LogP contribution < -0.4 is 25.3 Å². The molecule has 0 spiro atoms. The molecule has 0 aliphatic carbocycles. The summed E-state index contributed by atoms with van der Waals surface area (Å²) in [4.78, 5) is 12.5. The van der Waals surface area contributed by atoms with Crippen LogP contribution in [-0.4, -0.2) is 33.8 Å². The molecule has 0 saturated carbocycles. The predicted molar refractivity (Wildman–Crippen MR) is 99.0 cm³/mol. The Morgan fingerprint density at radius 2 is 1.56 bits per heavy atom. The number of halogens is 1. The quantitative estimate of drug-likeness (QED) is 0.786. The fraction of sp³-hybridized carbons (Fsp3) is 0.278. The van der Waals surface area contributed by atoms with E-state index in [0.717, 1.165) is 5.56 Å². The van der Waals surface area contributed by atoms with E-state index in [4.69, 9.17) is 19.9 Å². The lowest BCUT2D eigenvalue weighted by Crippen LogP contribution is -2.32. The second-order valence-corrected chi connectivity index (χ2v) is 5.13. The van der Waals surface area contributed by atoms with Gasteiger partial charge in [0.25, 0.3) is 5.91 Å². The molecule has 0 radical (unpaired) electrons. The molecule has 25 heavy (non-hydrogen) atoms. The summed E-state index contributed by atoms with van der Waals surface area (Å²) in [6.07, 6.45) is 0. The maximum atomic E-state index is 12.5. The fourth-order valence-electron chi connectivity index (χ4n) is 2.32. The second kappa shape index (κ2) is 9.76. The minimum absolute atomic E-state index is 0. The first-order valence-corrected chi connectivity index (χ1v) is 7.49. The number of amides is 1. The summed E-state index contributed by atoms with van der Waals surface area (Å²) < 4.78 is 15.7. The number of carbonyl (C=O) groups is 1. The summed E-state index contributed by atoms with van der Waals surface area (Å²) >= 11 is 0. The molecule has 0 fully saturated rings. The average Bonchev–Trinajstić information content (AvgIpc) is 2.65. The monoisotopic (exact) mass is 366 g/mol. The molecule has 0 saturated heterocycles. The third kappa shape index (κ3) is 5.01. The largest absolute Gasteiger partial charge is 0.496 e. The number of ether oxygens (including phenoxy) is 3. The highest BCUT2D eigenvalue weighted by Crippen LogP contribution is 2.34. The normalized spacial score (nSPS) is 11.0. The molecule has 3 N–H and O–H groups in total. The first kappa shape index (κ1) is 20.6. The third-order valence-corrected chi connectivity index (χ3v) is 3.66. The van der Waals surface area contributed by atoms with E-state index in [1.54, 1.807) is 12.1 Å². The number of nitrogens with two attached hydrogens (primary N) is 1. The standard InChI is InChI=1S/C18H22N2O4.ClH/c1-22-15-10-17(24-3)16(23-2)9-13(15)18(21)20-11-14(19)12-7-5-4-6-8-12;/h4-10,14H,11,19H2,1-3H3,(H,20,21);1H. The van der Waals surface area contributed by atoms with Gasteiger partial charge in [-0.2, -0.15) is 0 Å². The summed E-state index contributed by atoms with van der Waals surface area (Å²) in [6, 6.07) is 12.5. The van der Waals surface area contributed by atoms with E-state index in [-0.39, 0.29) is 24.4 Å². The average molecular weight is 367 g/mol. The van der Waals surface area contributed by atoms with E-state index in [0.29, 0.717) is 29.4 Å². The summed E-state index contributed by atoms with van der Waals surface area (Å²) in [5.74, 6) is 1.06. The van der Waals surface area contributed by atoms with Gasteiger partial charge in [-0.15, -0.1) is 12.4 Å². The van der Waals surface area contributed by atoms with Crippen LogP contribution in [0.3, 0.4) is 0 Å². The van der Waals surface area contributed by atoms with Crippen molar-refractivity contribution in [3.05, 3.63) is 53.6 Å². The Labute approximate surface area is 153 Å². The van der Waals surface area contributed by atoms with Crippen molar-refractivity contribution in [2.75, 3.05) is 27.9 Å². The molecule has 2 aromatic carbocycles. The number of hydrogen-bond donors (Lipinski definition) is 2. The minimum Gasteiger partial charge on any atom is -0.496 e. The van der Waals surface area contributed by atoms with Gasteiger partial charge in [0.1, 0.15) is 5.75 Å². The molecule has 0 bridgehead atoms. The SMILES string of the molecule is COc1cc(OC)c(C(=O)NCC(N)c2ccccc2)cc1OC.Cl. The van der Waals surface area contributed by atoms with E-state index in [1.165, 1.54) is 21.3 Å². The predicted octanol–water partition coefficient (Wildman–Crippen LogP) is 2.56. The van der Waals surface area contributed by atoms with Gasteiger partial charge in [0.2, 0.25) is 0 Å². The van der Waals surface area contributed by atoms with Gasteiger partial charge in [0.15, 0.2) is 11.5 Å². The molecule has 0 aromatic heterocycles. The van der Waals surface area contributed by atoms with Crippen molar-refractivity contribution in [1.82, 2.24) is 5.32 Å². The van der Waals surface area contributed by atoms with Crippen molar-refractivity contribution in [2.45, 2.75) is 6.04 Å². The maximum absolute atomic E-state index is 12.5. The number of benzene rings is 2. The third-order valence-electron chi connectivity index (χ3n) is 3.66. The molecule has 0 aliphatic rings. The van der Waals surface area contributed by atoms with Crippen molar-refractivity contribution >= 4 is 18.3 Å². The van der Waals surface area contributed by atoms with Gasteiger partial charge < -0.3 is 25.3 Å². The zero-order chi connectivity index (χ0) is 17.5. The number of nitrogens with one attached hydrogen (secondary N) is 1. The first-order valence-electron chi connectivity index (χ1n) is 7.49. The summed E-state index contributed by atoms with van der Waals surface area (Å²) in [7, 11) is 4.53. The topological polar surface area (TPSA) is 82.8 Å². The molecule has 7 heteroatoms. The smallest absolute Gasteiger partial charge is 0.255 e. The Morgan fingerprint density at radius 3 is 2.12 bits per heavy atom. The van der Waals surface area contributed by atoms with Crippen LogP contribution in [0, 0.1) is 0 Å². The van der Waals surface area contributed by atoms with E-state index < -0.39 is 0 Å². The zero-order valence-electron chi connectivity index (χ0n) is 14.4. The lowest BCUT2D eigenvalue weighted by molar-refractivity contribution is 0.0947. The second-order valence-electron chi connectivity index (χ2n) is 5.13. The molecule has 0 heterocycles. The fourth-order valence-corrected chi connectivity index (χ4v) is 2.32. The van der Waals surface area contributed by atoms with Crippen molar-refractivity contribution in [3.63, 3.8) is 0 Å². The van der Waals surface area contributed by atoms with Crippen LogP contribution in [-0.2, 0) is 0 Å². The lowest BCUT2D eigenvalue weighted by Gasteiger charge is -2.16. The zero-order valence-corrected chi connectivity index (χ0v) is 15.3. The molecule has 2 rings (SSSR count). The molecular weight excluding hydrogens is 344 g/mol. The van der Waals surface area contributed by atoms with Gasteiger partial charge in [-0.3, -0.25) is 4.79 Å². The summed E-state index contributed by atoms with van der Waals surface area (Å²) in [5, 5.41) is 2.82. The molecule has 0 aliphatic heterocycles. The summed E-state index contributed by atoms with van der Waals surface area (Å²) in [5.41, 5.74) is 7.42. The van der Waals surface area contributed by atoms with Gasteiger partial charge in [-0.25, -0.2) is 0 Å². The maximum Gasteiger partial charge on any atom is 0.255 e. The molecular formula is C18H23ClN2O4. The van der Waals surface area contributed by atoms with Crippen LogP contribution >= 0.6 is 12.4 Å². The molecule has 2 aromatic rings. The van der Waals surface area contributed by atoms with E-state index in [2.05, 4.69) is 5.32 Å². The molecule has 136 valence electrons. The first-order chi connectivity index (χ1) is 11.6. The minimum atomic E-state index is -0.292. The Hall–Kier alpha value is -2.44. The van der Waals surface area contributed by atoms with Crippen molar-refractivity contribution < 1.29 is 19.0 Å². The van der Waals surface area contributed by atoms with Crippen molar-refractivity contribution in [2.24, 2.45) is 5.73 Å². The molecule has 1 amide bonds. The molecule has 1 unspecified atom stereocenters. The molecule has 1 atom stereocenters. The number of hydrogen-bond acceptors (Lipinski definition) is 5. The van der Waals surface area contributed by atoms with E-state index in [1.807, 2.05) is 30.3 Å². The Kier molecular flexibility index (Phi) is 8.04. The Bertz CT molecular complexity index is 695. The lowest BCUT2D eigenvalue weighted by atomic mass is 10.1. The van der Waals surface area contributed by atoms with Gasteiger partial charge in [0, 0.05) is 24.7 Å². The van der Waals surface area contributed by atoms with Gasteiger partial charge >= 0.3 is 0 Å². The van der Waals surface area contributed by atoms with Crippen LogP contribution in [0.25, 0.3) is 0 Å². The highest BCUT2D eigenvalue weighted by molar-refractivity contribution is 5.97. The van der Waals surface area contributed by atoms with Crippen LogP contribution in [0.1, 0.15) is 22.0 Å². The summed E-state index contributed by atoms with van der Waals surface area (Å²) in [6.45, 7) is 0.306. The number of carbonyl (C=O) groups excluding carboxylic acids is 1. The number of methoxy groups -OCH3 is 3. The number of rotatable bonds is 7. The highest BCUT2D eigenvalue weighted by Gasteiger charge is 2.18. The van der Waals surface area contributed by atoms with E-state index >= 15 is 0 Å².